The summed E-state index contributed by atoms with van der Waals surface area (Å²) in [6, 6.07) is 5.13. The third-order valence-corrected chi connectivity index (χ3v) is 3.36. The molecule has 2 rings (SSSR count). The van der Waals surface area contributed by atoms with Crippen LogP contribution in [0.25, 0.3) is 5.69 Å². The number of carbonyl (C=O) groups excluding carboxylic acids is 1. The monoisotopic (exact) mass is 297 g/mol. The Labute approximate surface area is 121 Å². The normalized spacial score (nSPS) is 10.7. The third kappa shape index (κ3) is 2.65. The van der Waals surface area contributed by atoms with Crippen LogP contribution >= 0.6 is 23.2 Å². The average molecular weight is 298 g/mol. The Hall–Kier alpha value is -1.39. The Morgan fingerprint density at radius 1 is 1.32 bits per heavy atom. The van der Waals surface area contributed by atoms with Gasteiger partial charge in [-0.2, -0.15) is 0 Å². The summed E-state index contributed by atoms with van der Waals surface area (Å²) in [5.74, 6) is -0.0202. The van der Waals surface area contributed by atoms with E-state index in [4.69, 9.17) is 23.2 Å². The fourth-order valence-electron chi connectivity index (χ4n) is 1.85. The lowest BCUT2D eigenvalue weighted by Crippen LogP contribution is -2.06. The van der Waals surface area contributed by atoms with Crippen molar-refractivity contribution in [2.24, 2.45) is 0 Å². The van der Waals surface area contributed by atoms with Crippen molar-refractivity contribution in [2.75, 3.05) is 0 Å². The molecule has 100 valence electrons. The minimum absolute atomic E-state index is 0.0202. The number of benzene rings is 1. The predicted octanol–water partition coefficient (Wildman–Crippen LogP) is 3.73. The maximum absolute atomic E-state index is 11.8. The van der Waals surface area contributed by atoms with Crippen molar-refractivity contribution < 1.29 is 4.79 Å². The molecule has 0 unspecified atom stereocenters. The quantitative estimate of drug-likeness (QED) is 0.808. The SMILES string of the molecule is CCC(=O)c1nnn(-c2ccc(Cl)cc2Cl)c1CC. The van der Waals surface area contributed by atoms with Gasteiger partial charge in [0.05, 0.1) is 16.4 Å². The number of hydrogen-bond acceptors (Lipinski definition) is 3. The molecular formula is C13H13Cl2N3O. The molecule has 0 bridgehead atoms. The number of Topliss-reactive ketones (excluding diaryl/α,β-unsaturated/α-hetero) is 1. The van der Waals surface area contributed by atoms with Gasteiger partial charge in [-0.3, -0.25) is 4.79 Å². The number of nitrogens with zero attached hydrogens (tertiary/aromatic N) is 3. The molecule has 1 aromatic heterocycles. The maximum Gasteiger partial charge on any atom is 0.184 e. The minimum atomic E-state index is -0.0202. The number of hydrogen-bond donors (Lipinski definition) is 0. The number of aromatic nitrogens is 3. The molecule has 19 heavy (non-hydrogen) atoms. The van der Waals surface area contributed by atoms with Gasteiger partial charge < -0.3 is 0 Å². The van der Waals surface area contributed by atoms with Crippen LogP contribution in [0.3, 0.4) is 0 Å². The molecule has 2 aromatic rings. The van der Waals surface area contributed by atoms with E-state index >= 15 is 0 Å². The van der Waals surface area contributed by atoms with E-state index in [1.54, 1.807) is 29.8 Å². The van der Waals surface area contributed by atoms with Crippen LogP contribution < -0.4 is 0 Å². The summed E-state index contributed by atoms with van der Waals surface area (Å²) >= 11 is 12.0. The van der Waals surface area contributed by atoms with Crippen molar-refractivity contribution >= 4 is 29.0 Å². The van der Waals surface area contributed by atoms with E-state index < -0.39 is 0 Å². The molecule has 0 aliphatic rings. The largest absolute Gasteiger partial charge is 0.292 e. The highest BCUT2D eigenvalue weighted by Gasteiger charge is 2.19. The summed E-state index contributed by atoms with van der Waals surface area (Å²) in [6.07, 6.45) is 1.05. The summed E-state index contributed by atoms with van der Waals surface area (Å²) in [5.41, 5.74) is 1.85. The highest BCUT2D eigenvalue weighted by molar-refractivity contribution is 6.35. The molecular weight excluding hydrogens is 285 g/mol. The summed E-state index contributed by atoms with van der Waals surface area (Å²) in [4.78, 5) is 11.8. The van der Waals surface area contributed by atoms with E-state index in [9.17, 15) is 4.79 Å². The summed E-state index contributed by atoms with van der Waals surface area (Å²) in [7, 11) is 0. The first kappa shape index (κ1) is 14.0. The molecule has 0 fully saturated rings. The Bertz CT molecular complexity index is 622. The second-order valence-corrected chi connectivity index (χ2v) is 4.87. The van der Waals surface area contributed by atoms with Crippen LogP contribution in [0.1, 0.15) is 36.5 Å². The van der Waals surface area contributed by atoms with E-state index in [1.807, 2.05) is 6.92 Å². The van der Waals surface area contributed by atoms with Crippen LogP contribution in [0.2, 0.25) is 10.0 Å². The summed E-state index contributed by atoms with van der Waals surface area (Å²) in [6.45, 7) is 3.75. The Morgan fingerprint density at radius 3 is 2.63 bits per heavy atom. The zero-order chi connectivity index (χ0) is 14.0. The van der Waals surface area contributed by atoms with Crippen LogP contribution in [0.4, 0.5) is 0 Å². The van der Waals surface area contributed by atoms with Gasteiger partial charge in [-0.1, -0.05) is 42.3 Å². The molecule has 1 heterocycles. The van der Waals surface area contributed by atoms with Crippen LogP contribution in [0.15, 0.2) is 18.2 Å². The molecule has 0 aliphatic carbocycles. The molecule has 6 heteroatoms. The van der Waals surface area contributed by atoms with E-state index in [1.165, 1.54) is 0 Å². The fourth-order valence-corrected chi connectivity index (χ4v) is 2.34. The van der Waals surface area contributed by atoms with E-state index in [0.29, 0.717) is 34.3 Å². The van der Waals surface area contributed by atoms with Crippen LogP contribution in [0, 0.1) is 0 Å². The molecule has 0 aliphatic heterocycles. The zero-order valence-electron chi connectivity index (χ0n) is 10.7. The van der Waals surface area contributed by atoms with Crippen LogP contribution in [0.5, 0.6) is 0 Å². The number of ketones is 1. The Balaban J connectivity index is 2.57. The van der Waals surface area contributed by atoms with Crippen molar-refractivity contribution in [3.8, 4) is 5.69 Å². The Morgan fingerprint density at radius 2 is 2.05 bits per heavy atom. The van der Waals surface area contributed by atoms with Crippen LogP contribution in [-0.4, -0.2) is 20.8 Å². The lowest BCUT2D eigenvalue weighted by molar-refractivity contribution is 0.0982. The number of halogens is 2. The predicted molar refractivity (Wildman–Crippen MR) is 75.4 cm³/mol. The molecule has 4 nitrogen and oxygen atoms in total. The van der Waals surface area contributed by atoms with Crippen molar-refractivity contribution in [1.82, 2.24) is 15.0 Å². The molecule has 0 N–H and O–H groups in total. The average Bonchev–Trinajstić information content (AvgIpc) is 2.81. The van der Waals surface area contributed by atoms with Gasteiger partial charge in [0.1, 0.15) is 0 Å². The first-order valence-electron chi connectivity index (χ1n) is 6.01. The first-order valence-corrected chi connectivity index (χ1v) is 6.77. The van der Waals surface area contributed by atoms with Gasteiger partial charge >= 0.3 is 0 Å². The minimum Gasteiger partial charge on any atom is -0.292 e. The Kier molecular flexibility index (Phi) is 4.22. The smallest absolute Gasteiger partial charge is 0.184 e. The van der Waals surface area contributed by atoms with Gasteiger partial charge in [-0.05, 0) is 24.6 Å². The summed E-state index contributed by atoms with van der Waals surface area (Å²) < 4.78 is 1.60. The van der Waals surface area contributed by atoms with Gasteiger partial charge in [0.15, 0.2) is 11.5 Å². The molecule has 0 radical (unpaired) electrons. The highest BCUT2D eigenvalue weighted by Crippen LogP contribution is 2.25. The topological polar surface area (TPSA) is 47.8 Å². The van der Waals surface area contributed by atoms with E-state index in [-0.39, 0.29) is 5.78 Å². The molecule has 0 saturated heterocycles. The molecule has 0 saturated carbocycles. The van der Waals surface area contributed by atoms with Crippen LogP contribution in [-0.2, 0) is 6.42 Å². The number of carbonyl (C=O) groups is 1. The van der Waals surface area contributed by atoms with E-state index in [0.717, 1.165) is 5.69 Å². The summed E-state index contributed by atoms with van der Waals surface area (Å²) in [5, 5.41) is 9.03. The van der Waals surface area contributed by atoms with Crippen molar-refractivity contribution in [2.45, 2.75) is 26.7 Å². The second-order valence-electron chi connectivity index (χ2n) is 4.02. The number of rotatable bonds is 4. The van der Waals surface area contributed by atoms with Gasteiger partial charge in [0.2, 0.25) is 0 Å². The van der Waals surface area contributed by atoms with Crippen molar-refractivity contribution in [1.29, 1.82) is 0 Å². The van der Waals surface area contributed by atoms with Gasteiger partial charge in [-0.25, -0.2) is 4.68 Å². The standard InChI is InChI=1S/C13H13Cl2N3O/c1-3-10-13(12(19)4-2)16-17-18(10)11-6-5-8(14)7-9(11)15/h5-7H,3-4H2,1-2H3. The van der Waals surface area contributed by atoms with Gasteiger partial charge in [0, 0.05) is 11.4 Å². The maximum atomic E-state index is 11.8. The molecule has 1 aromatic carbocycles. The molecule has 0 atom stereocenters. The first-order chi connectivity index (χ1) is 9.08. The lowest BCUT2D eigenvalue weighted by atomic mass is 10.1. The van der Waals surface area contributed by atoms with Gasteiger partial charge in [0.25, 0.3) is 0 Å². The van der Waals surface area contributed by atoms with Crippen molar-refractivity contribution in [3.63, 3.8) is 0 Å². The lowest BCUT2D eigenvalue weighted by Gasteiger charge is -2.07. The third-order valence-electron chi connectivity index (χ3n) is 2.82. The molecule has 0 spiro atoms. The second kappa shape index (κ2) is 5.72. The molecule has 0 amide bonds. The van der Waals surface area contributed by atoms with Crippen molar-refractivity contribution in [3.05, 3.63) is 39.6 Å². The zero-order valence-corrected chi connectivity index (χ0v) is 12.2. The van der Waals surface area contributed by atoms with Gasteiger partial charge in [-0.15, -0.1) is 5.10 Å². The highest BCUT2D eigenvalue weighted by atomic mass is 35.5. The fraction of sp³-hybridized carbons (Fsp3) is 0.308. The van der Waals surface area contributed by atoms with E-state index in [2.05, 4.69) is 10.3 Å².